The molecule has 2 amide bonds. The van der Waals surface area contributed by atoms with Gasteiger partial charge in [0, 0.05) is 90.7 Å². The van der Waals surface area contributed by atoms with Crippen LogP contribution >= 0.6 is 0 Å². The summed E-state index contributed by atoms with van der Waals surface area (Å²) in [5.74, 6) is -6.40. The maximum absolute atomic E-state index is 14.9. The second-order valence-corrected chi connectivity index (χ2v) is 33.3. The minimum absolute atomic E-state index is 0.0214. The van der Waals surface area contributed by atoms with Crippen molar-refractivity contribution in [3.05, 3.63) is 84.0 Å². The number of oxazole rings is 1. The average molecular weight is 1770 g/mol. The summed E-state index contributed by atoms with van der Waals surface area (Å²) in [7, 11) is 6.32. The van der Waals surface area contributed by atoms with Gasteiger partial charge in [-0.25, -0.2) is 24.1 Å². The fourth-order valence-corrected chi connectivity index (χ4v) is 16.6. The Hall–Kier alpha value is -8.15. The molecule has 702 valence electrons. The minimum atomic E-state index is -2.44. The van der Waals surface area contributed by atoms with E-state index in [1.807, 2.05) is 77.1 Å². The molecule has 1 saturated carbocycles. The SMILES string of the molecule is CO[C@H]1C[C@@H]2CC[C@@H](C)[C@@](O)(O2)C(=O)C(=O)N2CCCC[C@H]2C(=O)O[C@H]([C@H](C)C[C@@H]2CC[C@@H](O)[C@H](OC)C2)C[C@@H](OC)[C@H](C)/C=C(/C)[C@@H](O)[C@@H](OC)/C(=N\OCc2cn(CCOCCOCCOCCOCCOCCOCCOCCOCCC(=O)NCCCCn3nc(-c4ccc5oc(N)nc5c4)c4c(N)ncnc43)nn2)[C@H](C)C[C@H](C)/C=C\C=CC=C1C. The molecule has 7 heterocycles. The highest BCUT2D eigenvalue weighted by atomic mass is 16.6. The van der Waals surface area contributed by atoms with E-state index < -0.39 is 78.1 Å². The number of unbranched alkanes of at least 4 members (excludes halogenated alkanes) is 1. The van der Waals surface area contributed by atoms with Gasteiger partial charge in [0.2, 0.25) is 11.7 Å². The zero-order valence-electron chi connectivity index (χ0n) is 75.6. The number of nitrogens with zero attached hydrogens (tertiary/aromatic N) is 10. The number of aliphatic hydroxyl groups is 3. The molecule has 0 unspecified atom stereocenters. The van der Waals surface area contributed by atoms with Crippen LogP contribution in [-0.4, -0.2) is 297 Å². The summed E-state index contributed by atoms with van der Waals surface area (Å²) in [6, 6.07) is 4.47. The highest BCUT2D eigenvalue weighted by Gasteiger charge is 2.53. The molecular weight excluding hydrogens is 1630 g/mol. The van der Waals surface area contributed by atoms with E-state index in [0.29, 0.717) is 227 Å². The number of nitrogen functional groups attached to an aromatic ring is 2. The molecule has 3 fully saturated rings. The van der Waals surface area contributed by atoms with Crippen molar-refractivity contribution in [3.8, 4) is 11.3 Å². The van der Waals surface area contributed by atoms with Gasteiger partial charge >= 0.3 is 5.97 Å². The number of allylic oxidation sites excluding steroid dienone is 5. The third-order valence-corrected chi connectivity index (χ3v) is 23.8. The van der Waals surface area contributed by atoms with Gasteiger partial charge in [-0.2, -0.15) is 10.1 Å². The molecule has 5 aromatic rings. The summed E-state index contributed by atoms with van der Waals surface area (Å²) in [5, 5.41) is 57.1. The largest absolute Gasteiger partial charge is 0.460 e. The number of ether oxygens (including phenoxy) is 14. The van der Waals surface area contributed by atoms with Gasteiger partial charge in [0.1, 0.15) is 53.4 Å². The summed E-state index contributed by atoms with van der Waals surface area (Å²) >= 11 is 0. The first-order valence-corrected chi connectivity index (χ1v) is 44.7. The van der Waals surface area contributed by atoms with Gasteiger partial charge in [-0.15, -0.1) is 5.10 Å². The zero-order valence-corrected chi connectivity index (χ0v) is 75.6. The molecule has 4 aliphatic rings. The second kappa shape index (κ2) is 53.7. The Morgan fingerprint density at radius 3 is 2.07 bits per heavy atom. The number of benzene rings is 1. The monoisotopic (exact) mass is 1770 g/mol. The number of carbonyl (C=O) groups is 4. The Morgan fingerprint density at radius 1 is 0.730 bits per heavy atom. The zero-order chi connectivity index (χ0) is 90.3. The number of esters is 1. The molecule has 36 nitrogen and oxygen atoms in total. The predicted molar refractivity (Wildman–Crippen MR) is 469 cm³/mol. The van der Waals surface area contributed by atoms with Crippen LogP contribution < -0.4 is 16.8 Å². The maximum atomic E-state index is 14.9. The van der Waals surface area contributed by atoms with Crippen molar-refractivity contribution in [2.24, 2.45) is 40.7 Å². The normalized spacial score (nSPS) is 26.9. The Labute approximate surface area is 739 Å². The lowest BCUT2D eigenvalue weighted by atomic mass is 9.78. The summed E-state index contributed by atoms with van der Waals surface area (Å²) in [6.07, 6.45) is 17.3. The first-order chi connectivity index (χ1) is 60.9. The van der Waals surface area contributed by atoms with Gasteiger partial charge in [0.05, 0.1) is 160 Å². The number of nitrogens with one attached hydrogen (secondary N) is 1. The van der Waals surface area contributed by atoms with Crippen LogP contribution in [0.15, 0.2) is 87.9 Å². The van der Waals surface area contributed by atoms with Crippen LogP contribution in [0.5, 0.6) is 0 Å². The number of hydrogen-bond acceptors (Lipinski definition) is 32. The molecule has 16 atom stereocenters. The third-order valence-electron chi connectivity index (χ3n) is 23.8. The molecule has 1 aliphatic carbocycles. The minimum Gasteiger partial charge on any atom is -0.460 e. The van der Waals surface area contributed by atoms with Gasteiger partial charge in [-0.05, 0) is 138 Å². The lowest BCUT2D eigenvalue weighted by Gasteiger charge is -2.43. The van der Waals surface area contributed by atoms with Crippen LogP contribution in [0.3, 0.4) is 0 Å². The summed E-state index contributed by atoms with van der Waals surface area (Å²) in [5.41, 5.74) is 17.7. The van der Waals surface area contributed by atoms with E-state index >= 15 is 0 Å². The van der Waals surface area contributed by atoms with Crippen molar-refractivity contribution in [1.29, 1.82) is 0 Å². The number of nitrogens with two attached hydrogens (primary N) is 2. The van der Waals surface area contributed by atoms with Crippen LogP contribution in [0.25, 0.3) is 33.4 Å². The van der Waals surface area contributed by atoms with Crippen molar-refractivity contribution in [1.82, 2.24) is 49.9 Å². The number of Topliss-reactive ketones (excluding diaryl/α,β-unsaturated/α-hetero) is 1. The number of oxime groups is 1. The summed E-state index contributed by atoms with van der Waals surface area (Å²) < 4.78 is 91.0. The van der Waals surface area contributed by atoms with Gasteiger partial charge in [0.15, 0.2) is 17.8 Å². The molecule has 3 aliphatic heterocycles. The number of cyclic esters (lactones) is 1. The number of anilines is 2. The lowest BCUT2D eigenvalue weighted by molar-refractivity contribution is -0.265. The fourth-order valence-electron chi connectivity index (χ4n) is 16.6. The topological polar surface area (TPSA) is 447 Å². The molecular formula is C90H139N13O23. The predicted octanol–water partition coefficient (Wildman–Crippen LogP) is 8.45. The molecule has 8 N–H and O–H groups in total. The number of hydrogen-bond donors (Lipinski definition) is 6. The molecule has 0 radical (unpaired) electrons. The van der Waals surface area contributed by atoms with E-state index in [-0.39, 0.29) is 86.6 Å². The highest BCUT2D eigenvalue weighted by molar-refractivity contribution is 6.39. The number of carbonyl (C=O) groups excluding carboxylic acids is 4. The summed E-state index contributed by atoms with van der Waals surface area (Å²) in [6.45, 7) is 21.4. The van der Waals surface area contributed by atoms with Crippen molar-refractivity contribution < 1.29 is 110 Å². The van der Waals surface area contributed by atoms with Crippen LogP contribution in [0.2, 0.25) is 0 Å². The van der Waals surface area contributed by atoms with E-state index in [2.05, 4.69) is 43.6 Å². The Balaban J connectivity index is 0.647. The van der Waals surface area contributed by atoms with Gasteiger partial charge in [-0.3, -0.25) is 14.4 Å². The van der Waals surface area contributed by atoms with Crippen molar-refractivity contribution in [2.45, 2.75) is 225 Å². The summed E-state index contributed by atoms with van der Waals surface area (Å²) in [4.78, 5) is 76.6. The van der Waals surface area contributed by atoms with Crippen LogP contribution in [0, 0.1) is 35.5 Å². The molecule has 1 aromatic carbocycles. The van der Waals surface area contributed by atoms with E-state index in [1.54, 1.807) is 49.9 Å². The molecule has 126 heavy (non-hydrogen) atoms. The van der Waals surface area contributed by atoms with Gasteiger partial charge < -0.3 is 113 Å². The fraction of sp³-hybridized carbons (Fsp3) is 0.700. The first kappa shape index (κ1) is 102. The van der Waals surface area contributed by atoms with Crippen molar-refractivity contribution >= 4 is 63.2 Å². The van der Waals surface area contributed by atoms with Crippen LogP contribution in [-0.2, 0) is 110 Å². The smallest absolute Gasteiger partial charge is 0.329 e. The number of rotatable bonds is 43. The van der Waals surface area contributed by atoms with Gasteiger partial charge in [0.25, 0.3) is 17.7 Å². The molecule has 2 bridgehead atoms. The molecule has 2 saturated heterocycles. The van der Waals surface area contributed by atoms with Crippen molar-refractivity contribution in [2.75, 3.05) is 159 Å². The standard InChI is InChI=1S/C90H139N13O23/c1-59-19-13-12-14-20-60(2)74(111-8)54-69-25-22-65(7)90(110,126-69)84(107)87(108)102-30-17-15-21-71(102)88(109)124-76(62(4)51-66-23-26-72(104)77(52-66)113-10)55-75(112-9)61(3)50-64(6)82(106)83(114-11)80(63(5)49-59)99-123-57-68-56-101(100-97-68)32-34-116-36-38-118-40-42-120-44-46-122-48-47-121-45-43-119-41-39-117-37-35-115-33-28-78(105)93-29-16-18-31-103-86-79(85(91)94-58-95-86)81(98-103)67-24-27-73-70(53-67)96-89(92)125-73/h12-14,19-20,24,27,50,53,56,58-59,61-63,65-66,69,71-72,74-77,82-83,104,106,110H,15-18,21-23,25-26,28-49,51-52,54-55,57H2,1-11H3,(H2,92,96)(H,93,105)(H2,91,94,95)/b14-12?,19-13-,60-20?,64-50-,99-80-/t59-,61-,62-,63-,65-,66+,69+,71+,72-,74+,75-,76+,77-,82-,83+,90-/m1/s1. The second-order valence-electron chi connectivity index (χ2n) is 33.3. The van der Waals surface area contributed by atoms with E-state index in [1.165, 1.54) is 18.3 Å². The van der Waals surface area contributed by atoms with Gasteiger partial charge in [-0.1, -0.05) is 81.4 Å². The molecule has 9 rings (SSSR count). The molecule has 36 heteroatoms. The first-order valence-electron chi connectivity index (χ1n) is 44.7. The number of amides is 2. The van der Waals surface area contributed by atoms with Crippen molar-refractivity contribution in [3.63, 3.8) is 0 Å². The number of aliphatic hydroxyl groups excluding tert-OH is 2. The lowest BCUT2D eigenvalue weighted by Crippen LogP contribution is -2.61. The molecule has 4 aromatic heterocycles. The van der Waals surface area contributed by atoms with Crippen LogP contribution in [0.1, 0.15) is 150 Å². The Morgan fingerprint density at radius 2 is 1.40 bits per heavy atom. The third kappa shape index (κ3) is 31.3. The number of ketones is 1. The quantitative estimate of drug-likeness (QED) is 0.00700. The number of aromatic nitrogens is 8. The van der Waals surface area contributed by atoms with Crippen LogP contribution in [0.4, 0.5) is 11.8 Å². The maximum Gasteiger partial charge on any atom is 0.329 e. The van der Waals surface area contributed by atoms with E-state index in [9.17, 15) is 34.5 Å². The number of methoxy groups -OCH3 is 4. The number of fused-ring (bicyclic) bond motifs is 5. The van der Waals surface area contributed by atoms with E-state index in [4.69, 9.17) is 97.3 Å². The Kier molecular flexibility index (Phi) is 43.3. The Bertz CT molecular complexity index is 4270. The van der Waals surface area contributed by atoms with E-state index in [0.717, 1.165) is 30.4 Å². The number of piperidine rings is 1. The number of aryl methyl sites for hydroxylation is 1. The highest BCUT2D eigenvalue weighted by Crippen LogP contribution is 2.40. The average Bonchev–Trinajstić information content (AvgIpc) is 1.72. The molecule has 0 spiro atoms.